The topological polar surface area (TPSA) is 75.4 Å². The SMILES string of the molecule is Cc1nn(CC(C)C)c(C)c1CC(=O)N1CCC(CC(=O)O)C(F)(F)CC1. The second kappa shape index (κ2) is 8.35. The van der Waals surface area contributed by atoms with Crippen LogP contribution in [-0.4, -0.2) is 50.7 Å². The van der Waals surface area contributed by atoms with Gasteiger partial charge in [0.1, 0.15) is 0 Å². The van der Waals surface area contributed by atoms with Crippen molar-refractivity contribution >= 4 is 11.9 Å². The summed E-state index contributed by atoms with van der Waals surface area (Å²) in [6.45, 7) is 8.81. The first kappa shape index (κ1) is 21.3. The molecule has 1 amide bonds. The second-order valence-electron chi connectivity index (χ2n) is 7.88. The molecule has 0 saturated carbocycles. The highest BCUT2D eigenvalue weighted by atomic mass is 19.3. The third kappa shape index (κ3) is 5.26. The molecule has 152 valence electrons. The number of nitrogens with zero attached hydrogens (tertiary/aromatic N) is 3. The molecule has 1 aromatic heterocycles. The van der Waals surface area contributed by atoms with E-state index in [4.69, 9.17) is 5.11 Å². The number of rotatable bonds is 6. The normalized spacial score (nSPS) is 20.0. The number of hydrogen-bond acceptors (Lipinski definition) is 3. The van der Waals surface area contributed by atoms with Gasteiger partial charge < -0.3 is 10.0 Å². The molecule has 0 aliphatic carbocycles. The highest BCUT2D eigenvalue weighted by Gasteiger charge is 2.43. The molecule has 1 unspecified atom stereocenters. The fraction of sp³-hybridized carbons (Fsp3) is 0.737. The average Bonchev–Trinajstić information content (AvgIpc) is 2.71. The molecule has 1 saturated heterocycles. The molecule has 1 atom stereocenters. The van der Waals surface area contributed by atoms with Gasteiger partial charge in [-0.05, 0) is 26.2 Å². The summed E-state index contributed by atoms with van der Waals surface area (Å²) in [5.74, 6) is -5.32. The molecule has 6 nitrogen and oxygen atoms in total. The van der Waals surface area contributed by atoms with Crippen LogP contribution in [0.15, 0.2) is 0 Å². The summed E-state index contributed by atoms with van der Waals surface area (Å²) < 4.78 is 30.3. The van der Waals surface area contributed by atoms with Crippen molar-refractivity contribution in [1.29, 1.82) is 0 Å². The first-order valence-corrected chi connectivity index (χ1v) is 9.41. The molecule has 1 N–H and O–H groups in total. The predicted octanol–water partition coefficient (Wildman–Crippen LogP) is 3.05. The van der Waals surface area contributed by atoms with E-state index in [1.807, 2.05) is 18.5 Å². The van der Waals surface area contributed by atoms with Gasteiger partial charge in [0, 0.05) is 43.2 Å². The van der Waals surface area contributed by atoms with Gasteiger partial charge in [-0.15, -0.1) is 0 Å². The van der Waals surface area contributed by atoms with Gasteiger partial charge >= 0.3 is 5.97 Å². The zero-order valence-electron chi connectivity index (χ0n) is 16.5. The van der Waals surface area contributed by atoms with Crippen LogP contribution in [0.3, 0.4) is 0 Å². The Labute approximate surface area is 158 Å². The summed E-state index contributed by atoms with van der Waals surface area (Å²) in [6.07, 6.45) is -0.947. The summed E-state index contributed by atoms with van der Waals surface area (Å²) in [5, 5.41) is 13.4. The van der Waals surface area contributed by atoms with E-state index in [0.717, 1.165) is 23.5 Å². The van der Waals surface area contributed by atoms with Crippen LogP contribution >= 0.6 is 0 Å². The predicted molar refractivity (Wildman–Crippen MR) is 96.7 cm³/mol. The van der Waals surface area contributed by atoms with E-state index in [9.17, 15) is 18.4 Å². The van der Waals surface area contributed by atoms with E-state index < -0.39 is 30.7 Å². The smallest absolute Gasteiger partial charge is 0.303 e. The molecule has 2 heterocycles. The maximum absolute atomic E-state index is 14.2. The number of aryl methyl sites for hydroxylation is 1. The van der Waals surface area contributed by atoms with E-state index in [0.29, 0.717) is 5.92 Å². The Morgan fingerprint density at radius 3 is 2.56 bits per heavy atom. The molecule has 1 aliphatic heterocycles. The Kier molecular flexibility index (Phi) is 6.59. The first-order valence-electron chi connectivity index (χ1n) is 9.41. The number of carbonyl (C=O) groups excluding carboxylic acids is 1. The molecule has 8 heteroatoms. The van der Waals surface area contributed by atoms with Crippen LogP contribution in [0.25, 0.3) is 0 Å². The van der Waals surface area contributed by atoms with Crippen LogP contribution in [0.1, 0.15) is 50.1 Å². The molecule has 1 aromatic rings. The number of carboxylic acids is 1. The Balaban J connectivity index is 2.08. The highest BCUT2D eigenvalue weighted by Crippen LogP contribution is 2.36. The molecule has 1 fully saturated rings. The third-order valence-corrected chi connectivity index (χ3v) is 5.23. The summed E-state index contributed by atoms with van der Waals surface area (Å²) in [4.78, 5) is 25.0. The minimum atomic E-state index is -3.07. The summed E-state index contributed by atoms with van der Waals surface area (Å²) in [7, 11) is 0. The average molecular weight is 385 g/mol. The lowest BCUT2D eigenvalue weighted by molar-refractivity contribution is -0.143. The number of aromatic nitrogens is 2. The lowest BCUT2D eigenvalue weighted by Crippen LogP contribution is -2.34. The monoisotopic (exact) mass is 385 g/mol. The van der Waals surface area contributed by atoms with E-state index in [1.165, 1.54) is 4.90 Å². The molecule has 0 bridgehead atoms. The number of likely N-dealkylation sites (tertiary alicyclic amines) is 1. The molecule has 0 spiro atoms. The van der Waals surface area contributed by atoms with Gasteiger partial charge in [0.25, 0.3) is 5.92 Å². The molecular formula is C19H29F2N3O3. The van der Waals surface area contributed by atoms with Crippen molar-refractivity contribution in [3.8, 4) is 0 Å². The van der Waals surface area contributed by atoms with Crippen molar-refractivity contribution in [1.82, 2.24) is 14.7 Å². The van der Waals surface area contributed by atoms with Crippen LogP contribution in [-0.2, 0) is 22.6 Å². The number of carboxylic acid groups (broad SMARTS) is 1. The Morgan fingerprint density at radius 2 is 1.96 bits per heavy atom. The van der Waals surface area contributed by atoms with Crippen molar-refractivity contribution in [2.75, 3.05) is 13.1 Å². The number of halogens is 2. The van der Waals surface area contributed by atoms with Gasteiger partial charge in [-0.2, -0.15) is 5.10 Å². The summed E-state index contributed by atoms with van der Waals surface area (Å²) in [5.41, 5.74) is 2.56. The fourth-order valence-corrected chi connectivity index (χ4v) is 3.61. The molecule has 2 rings (SSSR count). The van der Waals surface area contributed by atoms with Gasteiger partial charge in [0.05, 0.1) is 18.5 Å². The van der Waals surface area contributed by atoms with Gasteiger partial charge in [-0.3, -0.25) is 14.3 Å². The highest BCUT2D eigenvalue weighted by molar-refractivity contribution is 5.79. The Morgan fingerprint density at radius 1 is 1.30 bits per heavy atom. The quantitative estimate of drug-likeness (QED) is 0.817. The first-order chi connectivity index (χ1) is 12.5. The van der Waals surface area contributed by atoms with Crippen molar-refractivity contribution in [3.05, 3.63) is 17.0 Å². The lowest BCUT2D eigenvalue weighted by atomic mass is 9.93. The summed E-state index contributed by atoms with van der Waals surface area (Å²) in [6, 6.07) is 0. The largest absolute Gasteiger partial charge is 0.481 e. The van der Waals surface area contributed by atoms with Gasteiger partial charge in [0.2, 0.25) is 5.91 Å². The van der Waals surface area contributed by atoms with Crippen LogP contribution < -0.4 is 0 Å². The maximum atomic E-state index is 14.2. The molecular weight excluding hydrogens is 356 g/mol. The minimum Gasteiger partial charge on any atom is -0.481 e. The Hall–Kier alpha value is -1.99. The van der Waals surface area contributed by atoms with Crippen LogP contribution in [0.2, 0.25) is 0 Å². The van der Waals surface area contributed by atoms with E-state index in [-0.39, 0.29) is 31.8 Å². The van der Waals surface area contributed by atoms with E-state index in [2.05, 4.69) is 18.9 Å². The molecule has 1 aliphatic rings. The zero-order chi connectivity index (χ0) is 20.4. The zero-order valence-corrected chi connectivity index (χ0v) is 16.5. The summed E-state index contributed by atoms with van der Waals surface area (Å²) >= 11 is 0. The molecule has 0 radical (unpaired) electrons. The van der Waals surface area contributed by atoms with Crippen molar-refractivity contribution in [3.63, 3.8) is 0 Å². The standard InChI is InChI=1S/C19H29F2N3O3/c1-12(2)11-24-14(4)16(13(3)22-24)10-17(25)23-7-5-15(9-18(26)27)19(20,21)6-8-23/h12,15H,5-11H2,1-4H3,(H,26,27). The van der Waals surface area contributed by atoms with Crippen molar-refractivity contribution < 1.29 is 23.5 Å². The molecule has 0 aromatic carbocycles. The third-order valence-electron chi connectivity index (χ3n) is 5.23. The number of carbonyl (C=O) groups is 2. The number of hydrogen-bond donors (Lipinski definition) is 1. The van der Waals surface area contributed by atoms with Gasteiger partial charge in [-0.1, -0.05) is 13.8 Å². The van der Waals surface area contributed by atoms with Crippen LogP contribution in [0.4, 0.5) is 8.78 Å². The van der Waals surface area contributed by atoms with Crippen molar-refractivity contribution in [2.24, 2.45) is 11.8 Å². The van der Waals surface area contributed by atoms with Crippen LogP contribution in [0.5, 0.6) is 0 Å². The van der Waals surface area contributed by atoms with E-state index >= 15 is 0 Å². The molecule has 27 heavy (non-hydrogen) atoms. The van der Waals surface area contributed by atoms with Crippen molar-refractivity contribution in [2.45, 2.75) is 65.8 Å². The van der Waals surface area contributed by atoms with Crippen LogP contribution in [0, 0.1) is 25.7 Å². The number of alkyl halides is 2. The number of amides is 1. The maximum Gasteiger partial charge on any atom is 0.303 e. The lowest BCUT2D eigenvalue weighted by Gasteiger charge is -2.22. The van der Waals surface area contributed by atoms with E-state index in [1.54, 1.807) is 0 Å². The van der Waals surface area contributed by atoms with Gasteiger partial charge in [-0.25, -0.2) is 8.78 Å². The second-order valence-corrected chi connectivity index (χ2v) is 7.88. The fourth-order valence-electron chi connectivity index (χ4n) is 3.61. The minimum absolute atomic E-state index is 0.00435. The number of aliphatic carboxylic acids is 1. The Bertz CT molecular complexity index is 701. The van der Waals surface area contributed by atoms with Gasteiger partial charge in [0.15, 0.2) is 0 Å².